The maximum atomic E-state index is 11.3. The summed E-state index contributed by atoms with van der Waals surface area (Å²) in [4.78, 5) is 22.2. The van der Waals surface area contributed by atoms with E-state index in [1.807, 2.05) is 0 Å². The third kappa shape index (κ3) is 2.81. The van der Waals surface area contributed by atoms with Gasteiger partial charge in [-0.05, 0) is 36.0 Å². The number of hydrogen-bond donors (Lipinski definition) is 3. The highest BCUT2D eigenvalue weighted by Gasteiger charge is 2.31. The average molecular weight is 287 g/mol. The van der Waals surface area contributed by atoms with E-state index in [1.54, 1.807) is 0 Å². The zero-order valence-electron chi connectivity index (χ0n) is 8.91. The van der Waals surface area contributed by atoms with E-state index >= 15 is 0 Å². The molecule has 1 heterocycles. The zero-order valence-corrected chi connectivity index (χ0v) is 10.5. The SMILES string of the molecule is NS(=O)(=O)c1ccc(NC2SC(=O)NC2=O)cc1. The number of anilines is 1. The number of nitrogens with one attached hydrogen (secondary N) is 2. The summed E-state index contributed by atoms with van der Waals surface area (Å²) in [6, 6.07) is 5.57. The van der Waals surface area contributed by atoms with E-state index in [9.17, 15) is 18.0 Å². The van der Waals surface area contributed by atoms with Crippen molar-refractivity contribution in [1.82, 2.24) is 5.32 Å². The second-order valence-electron chi connectivity index (χ2n) is 3.49. The largest absolute Gasteiger partial charge is 0.365 e. The minimum absolute atomic E-state index is 0.0207. The number of primary sulfonamides is 1. The van der Waals surface area contributed by atoms with E-state index < -0.39 is 26.5 Å². The van der Waals surface area contributed by atoms with Crippen LogP contribution in [-0.4, -0.2) is 24.9 Å². The normalized spacial score (nSPS) is 19.7. The van der Waals surface area contributed by atoms with Crippen LogP contribution in [0.1, 0.15) is 0 Å². The molecule has 0 radical (unpaired) electrons. The lowest BCUT2D eigenvalue weighted by Crippen LogP contribution is -2.29. The molecule has 1 aliphatic heterocycles. The second kappa shape index (κ2) is 4.59. The van der Waals surface area contributed by atoms with Crippen LogP contribution in [0, 0.1) is 0 Å². The number of hydrogen-bond acceptors (Lipinski definition) is 6. The van der Waals surface area contributed by atoms with Crippen LogP contribution in [0.5, 0.6) is 0 Å². The fourth-order valence-corrected chi connectivity index (χ4v) is 2.59. The van der Waals surface area contributed by atoms with Gasteiger partial charge in [0.15, 0.2) is 5.37 Å². The summed E-state index contributed by atoms with van der Waals surface area (Å²) in [6.45, 7) is 0. The third-order valence-corrected chi connectivity index (χ3v) is 3.98. The Kier molecular flexibility index (Phi) is 3.28. The maximum absolute atomic E-state index is 11.3. The van der Waals surface area contributed by atoms with Crippen molar-refractivity contribution in [1.29, 1.82) is 0 Å². The van der Waals surface area contributed by atoms with Gasteiger partial charge in [0.1, 0.15) is 0 Å². The fraction of sp³-hybridized carbons (Fsp3) is 0.111. The van der Waals surface area contributed by atoms with Crippen molar-refractivity contribution in [2.45, 2.75) is 10.3 Å². The monoisotopic (exact) mass is 287 g/mol. The van der Waals surface area contributed by atoms with Crippen molar-refractivity contribution < 1.29 is 18.0 Å². The Morgan fingerprint density at radius 1 is 1.22 bits per heavy atom. The average Bonchev–Trinajstić information content (AvgIpc) is 2.57. The molecule has 18 heavy (non-hydrogen) atoms. The molecule has 4 N–H and O–H groups in total. The second-order valence-corrected chi connectivity index (χ2v) is 6.13. The minimum atomic E-state index is -3.73. The van der Waals surface area contributed by atoms with Crippen LogP contribution in [-0.2, 0) is 14.8 Å². The predicted molar refractivity (Wildman–Crippen MR) is 66.4 cm³/mol. The van der Waals surface area contributed by atoms with E-state index in [0.717, 1.165) is 11.8 Å². The molecule has 96 valence electrons. The van der Waals surface area contributed by atoms with Crippen molar-refractivity contribution in [2.75, 3.05) is 5.32 Å². The lowest BCUT2D eigenvalue weighted by atomic mass is 10.3. The molecule has 2 rings (SSSR count). The van der Waals surface area contributed by atoms with Crippen LogP contribution >= 0.6 is 11.8 Å². The van der Waals surface area contributed by atoms with Crippen LogP contribution in [0.15, 0.2) is 29.2 Å². The molecule has 1 aromatic rings. The number of carbonyl (C=O) groups is 2. The number of rotatable bonds is 3. The molecule has 1 saturated heterocycles. The van der Waals surface area contributed by atoms with Crippen molar-refractivity contribution >= 4 is 38.6 Å². The molecule has 1 atom stereocenters. The van der Waals surface area contributed by atoms with Crippen LogP contribution in [0.25, 0.3) is 0 Å². The Bertz CT molecular complexity index is 597. The number of nitrogens with two attached hydrogens (primary N) is 1. The lowest BCUT2D eigenvalue weighted by Gasteiger charge is -2.09. The van der Waals surface area contributed by atoms with Crippen molar-refractivity contribution in [3.05, 3.63) is 24.3 Å². The molecule has 1 unspecified atom stereocenters. The first-order valence-electron chi connectivity index (χ1n) is 4.77. The molecule has 0 aromatic heterocycles. The quantitative estimate of drug-likeness (QED) is 0.723. The van der Waals surface area contributed by atoms with Crippen LogP contribution in [0.4, 0.5) is 10.5 Å². The number of sulfonamides is 1. The molecule has 7 nitrogen and oxygen atoms in total. The number of carbonyl (C=O) groups excluding carboxylic acids is 2. The van der Waals surface area contributed by atoms with Gasteiger partial charge in [-0.15, -0.1) is 0 Å². The van der Waals surface area contributed by atoms with E-state index in [2.05, 4.69) is 10.6 Å². The number of imide groups is 1. The Morgan fingerprint density at radius 2 is 1.83 bits per heavy atom. The van der Waals surface area contributed by atoms with Gasteiger partial charge >= 0.3 is 0 Å². The Morgan fingerprint density at radius 3 is 2.28 bits per heavy atom. The molecule has 9 heteroatoms. The molecular formula is C9H9N3O4S2. The number of amides is 2. The van der Waals surface area contributed by atoms with Gasteiger partial charge in [-0.3, -0.25) is 14.9 Å². The summed E-state index contributed by atoms with van der Waals surface area (Å²) < 4.78 is 22.1. The van der Waals surface area contributed by atoms with E-state index in [1.165, 1.54) is 24.3 Å². The zero-order chi connectivity index (χ0) is 13.3. The summed E-state index contributed by atoms with van der Waals surface area (Å²) in [5.74, 6) is -0.430. The van der Waals surface area contributed by atoms with Crippen molar-refractivity contribution in [2.24, 2.45) is 5.14 Å². The van der Waals surface area contributed by atoms with Gasteiger partial charge in [0.25, 0.3) is 11.1 Å². The van der Waals surface area contributed by atoms with E-state index in [-0.39, 0.29) is 4.90 Å². The highest BCUT2D eigenvalue weighted by Crippen LogP contribution is 2.22. The number of benzene rings is 1. The molecule has 0 aliphatic carbocycles. The predicted octanol–water partition coefficient (Wildman–Crippen LogP) is 0.0550. The van der Waals surface area contributed by atoms with Crippen LogP contribution < -0.4 is 15.8 Å². The smallest absolute Gasteiger partial charge is 0.288 e. The van der Waals surface area contributed by atoms with Gasteiger partial charge in [-0.2, -0.15) is 0 Å². The third-order valence-electron chi connectivity index (χ3n) is 2.17. The fourth-order valence-electron chi connectivity index (χ4n) is 1.34. The van der Waals surface area contributed by atoms with Gasteiger partial charge in [0.2, 0.25) is 10.0 Å². The maximum Gasteiger partial charge on any atom is 0.288 e. The van der Waals surface area contributed by atoms with Crippen molar-refractivity contribution in [3.8, 4) is 0 Å². The first-order valence-corrected chi connectivity index (χ1v) is 7.20. The number of thioether (sulfide) groups is 1. The van der Waals surface area contributed by atoms with Gasteiger partial charge in [0, 0.05) is 5.69 Å². The molecular weight excluding hydrogens is 278 g/mol. The molecule has 2 amide bonds. The lowest BCUT2D eigenvalue weighted by molar-refractivity contribution is -0.118. The molecule has 0 spiro atoms. The molecule has 0 saturated carbocycles. The van der Waals surface area contributed by atoms with Gasteiger partial charge in [0.05, 0.1) is 4.90 Å². The minimum Gasteiger partial charge on any atom is -0.365 e. The van der Waals surface area contributed by atoms with Gasteiger partial charge < -0.3 is 5.32 Å². The van der Waals surface area contributed by atoms with Gasteiger partial charge in [-0.25, -0.2) is 13.6 Å². The van der Waals surface area contributed by atoms with Gasteiger partial charge in [-0.1, -0.05) is 0 Å². The molecule has 1 aromatic carbocycles. The standard InChI is InChI=1S/C9H9N3O4S2/c10-18(15,16)6-3-1-5(2-4-6)11-8-7(13)12-9(14)17-8/h1-4,8,11H,(H2,10,15,16)(H,12,13,14). The molecule has 1 aliphatic rings. The highest BCUT2D eigenvalue weighted by atomic mass is 32.2. The van der Waals surface area contributed by atoms with Crippen LogP contribution in [0.3, 0.4) is 0 Å². The first-order chi connectivity index (χ1) is 8.36. The topological polar surface area (TPSA) is 118 Å². The Hall–Kier alpha value is -1.58. The molecule has 1 fully saturated rings. The summed E-state index contributed by atoms with van der Waals surface area (Å²) in [7, 11) is -3.73. The van der Waals surface area contributed by atoms with Crippen LogP contribution in [0.2, 0.25) is 0 Å². The Balaban J connectivity index is 2.12. The summed E-state index contributed by atoms with van der Waals surface area (Å²) in [5.41, 5.74) is 0.518. The van der Waals surface area contributed by atoms with Crippen molar-refractivity contribution in [3.63, 3.8) is 0 Å². The summed E-state index contributed by atoms with van der Waals surface area (Å²) in [5, 5.41) is 8.74. The summed E-state index contributed by atoms with van der Waals surface area (Å²) >= 11 is 0.825. The molecule has 0 bridgehead atoms. The van der Waals surface area contributed by atoms with E-state index in [4.69, 9.17) is 5.14 Å². The highest BCUT2D eigenvalue weighted by molar-refractivity contribution is 8.15. The summed E-state index contributed by atoms with van der Waals surface area (Å²) in [6.07, 6.45) is 0. The first kappa shape index (κ1) is 12.9. The van der Waals surface area contributed by atoms with E-state index in [0.29, 0.717) is 5.69 Å². The Labute approximate surface area is 107 Å².